The number of nitrogens with two attached hydrogens (primary N) is 1. The predicted molar refractivity (Wildman–Crippen MR) is 143 cm³/mol. The van der Waals surface area contributed by atoms with Gasteiger partial charge in [-0.15, -0.1) is 23.1 Å². The van der Waals surface area contributed by atoms with Crippen LogP contribution in [0.15, 0.2) is 36.8 Å². The average Bonchev–Trinajstić information content (AvgIpc) is 3.29. The van der Waals surface area contributed by atoms with Crippen molar-refractivity contribution in [3.05, 3.63) is 27.7 Å². The van der Waals surface area contributed by atoms with Crippen LogP contribution in [-0.4, -0.2) is 86.0 Å². The smallest absolute Gasteiger partial charge is 0.475 e. The predicted octanol–water partition coefficient (Wildman–Crippen LogP) is 3.90. The minimum absolute atomic E-state index is 0.0839. The van der Waals surface area contributed by atoms with Crippen LogP contribution in [-0.2, 0) is 19.4 Å². The summed E-state index contributed by atoms with van der Waals surface area (Å²) < 4.78 is 64.8. The Morgan fingerprint density at radius 3 is 2.39 bits per heavy atom. The second-order valence-electron chi connectivity index (χ2n) is 8.45. The van der Waals surface area contributed by atoms with Crippen molar-refractivity contribution in [2.24, 2.45) is 5.73 Å². The summed E-state index contributed by atoms with van der Waals surface area (Å²) in [6.45, 7) is 8.17. The molecule has 1 aliphatic rings. The molecule has 0 aromatic carbocycles. The fourth-order valence-corrected chi connectivity index (χ4v) is 7.69. The van der Waals surface area contributed by atoms with Gasteiger partial charge in [-0.05, 0) is 48.2 Å². The molecule has 1 fully saturated rings. The number of carboxylic acids is 1. The second kappa shape index (κ2) is 13.0. The largest absolute Gasteiger partial charge is 0.490 e. The number of halogens is 4. The van der Waals surface area contributed by atoms with Crippen LogP contribution in [0.5, 0.6) is 0 Å². The number of thiophene rings is 1. The first-order valence-electron chi connectivity index (χ1n) is 10.8. The van der Waals surface area contributed by atoms with Gasteiger partial charge < -0.3 is 20.9 Å². The maximum atomic E-state index is 13.2. The Balaban J connectivity index is 0.000000638. The maximum absolute atomic E-state index is 13.2. The molecule has 3 heterocycles. The number of anilines is 1. The Morgan fingerprint density at radius 2 is 1.92 bits per heavy atom. The number of rotatable bonds is 8. The van der Waals surface area contributed by atoms with Crippen molar-refractivity contribution in [3.63, 3.8) is 0 Å². The molecule has 5 N–H and O–H groups in total. The first-order valence-corrected chi connectivity index (χ1v) is 15.1. The molecule has 38 heavy (non-hydrogen) atoms. The summed E-state index contributed by atoms with van der Waals surface area (Å²) in [7, 11) is -3.80. The number of hydrogen-bond donors (Lipinski definition) is 4. The number of nitrogens with one attached hydrogen (secondary N) is 2. The van der Waals surface area contributed by atoms with E-state index >= 15 is 0 Å². The third-order valence-electron chi connectivity index (χ3n) is 5.33. The number of aromatic nitrogens is 1. The van der Waals surface area contributed by atoms with Gasteiger partial charge in [-0.25, -0.2) is 18.2 Å². The first-order chi connectivity index (χ1) is 17.5. The lowest BCUT2D eigenvalue weighted by Crippen LogP contribution is -2.53. The van der Waals surface area contributed by atoms with Crippen LogP contribution >= 0.6 is 39.0 Å². The van der Waals surface area contributed by atoms with Crippen molar-refractivity contribution in [1.82, 2.24) is 9.88 Å². The van der Waals surface area contributed by atoms with Crippen molar-refractivity contribution < 1.29 is 36.2 Å². The number of sulfone groups is 1. The number of aliphatic carboxylic acids is 1. The highest BCUT2D eigenvalue weighted by molar-refractivity contribution is 9.10. The van der Waals surface area contributed by atoms with Crippen LogP contribution in [0.1, 0.15) is 18.7 Å². The monoisotopic (exact) mass is 661 g/mol. The molecule has 2 aromatic heterocycles. The van der Waals surface area contributed by atoms with Crippen LogP contribution in [0, 0.1) is 5.41 Å². The van der Waals surface area contributed by atoms with Crippen LogP contribution in [0.2, 0.25) is 0 Å². The summed E-state index contributed by atoms with van der Waals surface area (Å²) in [5.41, 5.74) is 5.44. The molecule has 0 bridgehead atoms. The standard InChI is InChI=1S/C19H26BrN5O3S3.C2HF3O2/c1-19(2,25-4-6-28-7-5-25)11-24-17-13(20)8-12(10-23-17)31(26,27)15-9-14(16(21)22)30-18(15)29-3;3-2(4,5)1(6)7/h8-10H,4-7,11H2,1-3H3,(H3,21,22)(H,23,24);(H,6,7). The van der Waals surface area contributed by atoms with Gasteiger partial charge in [0.15, 0.2) is 0 Å². The summed E-state index contributed by atoms with van der Waals surface area (Å²) in [5.74, 6) is -2.32. The minimum atomic E-state index is -5.08. The van der Waals surface area contributed by atoms with Gasteiger partial charge in [0.1, 0.15) is 11.7 Å². The quantitative estimate of drug-likeness (QED) is 0.186. The van der Waals surface area contributed by atoms with Crippen molar-refractivity contribution in [2.75, 3.05) is 44.4 Å². The van der Waals surface area contributed by atoms with Gasteiger partial charge in [0.05, 0.1) is 36.6 Å². The Kier molecular flexibility index (Phi) is 11.0. The first kappa shape index (κ1) is 32.3. The Morgan fingerprint density at radius 1 is 1.34 bits per heavy atom. The van der Waals surface area contributed by atoms with Crippen molar-refractivity contribution in [1.29, 1.82) is 5.41 Å². The molecule has 0 unspecified atom stereocenters. The van der Waals surface area contributed by atoms with Crippen molar-refractivity contribution in [3.8, 4) is 0 Å². The normalized spacial score (nSPS) is 14.9. The Labute approximate surface area is 234 Å². The van der Waals surface area contributed by atoms with Gasteiger partial charge in [0.25, 0.3) is 0 Å². The highest BCUT2D eigenvalue weighted by atomic mass is 79.9. The molecule has 1 saturated heterocycles. The van der Waals surface area contributed by atoms with E-state index in [9.17, 15) is 21.6 Å². The third kappa shape index (κ3) is 8.29. The highest BCUT2D eigenvalue weighted by Crippen LogP contribution is 2.37. The topological polar surface area (TPSA) is 159 Å². The van der Waals surface area contributed by atoms with Gasteiger partial charge in [-0.1, -0.05) is 0 Å². The van der Waals surface area contributed by atoms with Crippen LogP contribution in [0.25, 0.3) is 0 Å². The summed E-state index contributed by atoms with van der Waals surface area (Å²) in [4.78, 5) is 16.3. The lowest BCUT2D eigenvalue weighted by atomic mass is 10.0. The molecule has 212 valence electrons. The van der Waals surface area contributed by atoms with Gasteiger partial charge in [0, 0.05) is 31.4 Å². The molecule has 0 amide bonds. The zero-order valence-electron chi connectivity index (χ0n) is 20.6. The van der Waals surface area contributed by atoms with E-state index in [2.05, 4.69) is 45.0 Å². The number of carbonyl (C=O) groups is 1. The van der Waals surface area contributed by atoms with E-state index in [0.29, 0.717) is 25.9 Å². The van der Waals surface area contributed by atoms with E-state index in [1.807, 2.05) is 0 Å². The fraction of sp³-hybridized carbons (Fsp3) is 0.476. The Hall–Kier alpha value is -1.92. The van der Waals surface area contributed by atoms with Crippen LogP contribution in [0.4, 0.5) is 19.0 Å². The van der Waals surface area contributed by atoms with E-state index in [1.54, 1.807) is 12.3 Å². The minimum Gasteiger partial charge on any atom is -0.475 e. The zero-order chi connectivity index (χ0) is 28.9. The molecular formula is C21H27BrF3N5O5S3. The average molecular weight is 663 g/mol. The molecule has 0 aliphatic carbocycles. The van der Waals surface area contributed by atoms with Crippen LogP contribution in [0.3, 0.4) is 0 Å². The third-order valence-corrected chi connectivity index (χ3v) is 10.2. The summed E-state index contributed by atoms with van der Waals surface area (Å²) in [6.07, 6.45) is -1.93. The lowest BCUT2D eigenvalue weighted by molar-refractivity contribution is -0.192. The number of ether oxygens (including phenoxy) is 1. The van der Waals surface area contributed by atoms with E-state index in [1.165, 1.54) is 35.4 Å². The van der Waals surface area contributed by atoms with Crippen molar-refractivity contribution in [2.45, 2.75) is 39.6 Å². The molecule has 3 rings (SSSR count). The number of amidine groups is 1. The van der Waals surface area contributed by atoms with Crippen molar-refractivity contribution >= 4 is 66.5 Å². The molecule has 0 radical (unpaired) electrons. The number of carboxylic acid groups (broad SMARTS) is 1. The number of thioether (sulfide) groups is 1. The van der Waals surface area contributed by atoms with E-state index in [0.717, 1.165) is 26.3 Å². The number of nitrogen functional groups attached to an aromatic ring is 1. The molecular weight excluding hydrogens is 635 g/mol. The summed E-state index contributed by atoms with van der Waals surface area (Å²) in [5, 5.41) is 18.1. The maximum Gasteiger partial charge on any atom is 0.490 e. The molecule has 0 atom stereocenters. The fourth-order valence-electron chi connectivity index (χ4n) is 3.22. The second-order valence-corrected chi connectivity index (χ2v) is 13.4. The highest BCUT2D eigenvalue weighted by Gasteiger charge is 2.38. The molecule has 1 aliphatic heterocycles. The lowest BCUT2D eigenvalue weighted by Gasteiger charge is -2.41. The van der Waals surface area contributed by atoms with E-state index in [-0.39, 0.29) is 21.2 Å². The van der Waals surface area contributed by atoms with Gasteiger partial charge >= 0.3 is 12.1 Å². The van der Waals surface area contributed by atoms with E-state index < -0.39 is 22.0 Å². The molecule has 0 spiro atoms. The number of alkyl halides is 3. The summed E-state index contributed by atoms with van der Waals surface area (Å²) in [6, 6.07) is 3.01. The number of nitrogens with zero attached hydrogens (tertiary/aromatic N) is 2. The molecule has 0 saturated carbocycles. The zero-order valence-corrected chi connectivity index (χ0v) is 24.6. The SMILES string of the molecule is CSc1sc(C(=N)N)cc1S(=O)(=O)c1cnc(NCC(C)(C)N2CCOCC2)c(Br)c1.O=C(O)C(F)(F)F. The molecule has 2 aromatic rings. The number of morpholine rings is 1. The van der Waals surface area contributed by atoms with Gasteiger partial charge in [0.2, 0.25) is 9.84 Å². The molecule has 17 heteroatoms. The Bertz CT molecular complexity index is 1270. The van der Waals surface area contributed by atoms with Gasteiger partial charge in [-0.2, -0.15) is 13.2 Å². The van der Waals surface area contributed by atoms with Gasteiger partial charge in [-0.3, -0.25) is 10.3 Å². The summed E-state index contributed by atoms with van der Waals surface area (Å²) >= 11 is 5.97. The van der Waals surface area contributed by atoms with E-state index in [4.69, 9.17) is 25.8 Å². The molecule has 10 nitrogen and oxygen atoms in total. The number of hydrogen-bond acceptors (Lipinski definition) is 10. The number of pyridine rings is 1. The van der Waals surface area contributed by atoms with Crippen LogP contribution < -0.4 is 11.1 Å².